The summed E-state index contributed by atoms with van der Waals surface area (Å²) in [5.41, 5.74) is 1.44. The van der Waals surface area contributed by atoms with E-state index in [0.717, 1.165) is 5.69 Å². The Morgan fingerprint density at radius 2 is 1.83 bits per heavy atom. The van der Waals surface area contributed by atoms with Gasteiger partial charge in [0.15, 0.2) is 0 Å². The Hall–Kier alpha value is -2.86. The first-order valence-corrected chi connectivity index (χ1v) is 7.77. The Balaban J connectivity index is 1.51. The Kier molecular flexibility index (Phi) is 5.08. The number of anilines is 1. The number of carbonyl (C=O) groups is 1. The maximum atomic E-state index is 11.8. The minimum Gasteiger partial charge on any atom is -0.339 e. The van der Waals surface area contributed by atoms with Crippen molar-refractivity contribution in [3.63, 3.8) is 0 Å². The normalized spacial score (nSPS) is 10.4. The van der Waals surface area contributed by atoms with Crippen molar-refractivity contribution in [1.82, 2.24) is 15.5 Å². The van der Waals surface area contributed by atoms with Crippen molar-refractivity contribution in [3.8, 4) is 11.4 Å². The number of benzene rings is 2. The molecule has 0 aliphatic rings. The molecule has 1 aromatic heterocycles. The highest BCUT2D eigenvalue weighted by Crippen LogP contribution is 2.24. The van der Waals surface area contributed by atoms with E-state index in [2.05, 4.69) is 20.8 Å². The minimum absolute atomic E-state index is 0.285. The van der Waals surface area contributed by atoms with Gasteiger partial charge in [-0.2, -0.15) is 4.98 Å². The predicted molar refractivity (Wildman–Crippen MR) is 91.9 cm³/mol. The number of halogens is 1. The Labute approximate surface area is 143 Å². The lowest BCUT2D eigenvalue weighted by molar-refractivity contribution is 0.252. The molecule has 0 unspecified atom stereocenters. The number of para-hydroxylation sites is 1. The van der Waals surface area contributed by atoms with Crippen LogP contribution in [0.5, 0.6) is 0 Å². The molecule has 2 aromatic carbocycles. The average Bonchev–Trinajstić information content (AvgIpc) is 3.05. The second-order valence-electron chi connectivity index (χ2n) is 4.99. The van der Waals surface area contributed by atoms with Crippen LogP contribution in [0.2, 0.25) is 5.02 Å². The van der Waals surface area contributed by atoms with Crippen LogP contribution in [-0.2, 0) is 6.42 Å². The van der Waals surface area contributed by atoms with Crippen LogP contribution in [0.15, 0.2) is 59.1 Å². The summed E-state index contributed by atoms with van der Waals surface area (Å²) in [4.78, 5) is 16.1. The monoisotopic (exact) mass is 342 g/mol. The zero-order chi connectivity index (χ0) is 16.8. The van der Waals surface area contributed by atoms with E-state index < -0.39 is 0 Å². The summed E-state index contributed by atoms with van der Waals surface area (Å²) in [5.74, 6) is 0.870. The van der Waals surface area contributed by atoms with Crippen LogP contribution in [0, 0.1) is 0 Å². The molecule has 0 spiro atoms. The largest absolute Gasteiger partial charge is 0.339 e. The van der Waals surface area contributed by atoms with E-state index in [9.17, 15) is 4.79 Å². The molecule has 0 aliphatic heterocycles. The zero-order valence-corrected chi connectivity index (χ0v) is 13.5. The van der Waals surface area contributed by atoms with Crippen LogP contribution < -0.4 is 10.6 Å². The maximum Gasteiger partial charge on any atom is 0.319 e. The van der Waals surface area contributed by atoms with Gasteiger partial charge in [0.25, 0.3) is 0 Å². The van der Waals surface area contributed by atoms with E-state index in [0.29, 0.717) is 35.3 Å². The molecule has 3 aromatic rings. The molecule has 122 valence electrons. The number of nitrogens with zero attached hydrogens (tertiary/aromatic N) is 2. The van der Waals surface area contributed by atoms with E-state index in [4.69, 9.17) is 16.1 Å². The lowest BCUT2D eigenvalue weighted by atomic mass is 10.2. The first-order chi connectivity index (χ1) is 11.7. The molecular formula is C17H15ClN4O2. The van der Waals surface area contributed by atoms with Crippen LogP contribution in [0.25, 0.3) is 11.4 Å². The van der Waals surface area contributed by atoms with Gasteiger partial charge in [-0.3, -0.25) is 0 Å². The summed E-state index contributed by atoms with van der Waals surface area (Å²) in [6.45, 7) is 0.378. The smallest absolute Gasteiger partial charge is 0.319 e. The summed E-state index contributed by atoms with van der Waals surface area (Å²) in [6, 6.07) is 16.2. The predicted octanol–water partition coefficient (Wildman–Crippen LogP) is 3.75. The number of carbonyl (C=O) groups excluding carboxylic acids is 1. The lowest BCUT2D eigenvalue weighted by Gasteiger charge is -2.05. The Morgan fingerprint density at radius 3 is 2.62 bits per heavy atom. The molecule has 0 saturated heterocycles. The van der Waals surface area contributed by atoms with Crippen LogP contribution >= 0.6 is 11.6 Å². The van der Waals surface area contributed by atoms with Gasteiger partial charge in [-0.25, -0.2) is 4.79 Å². The third-order valence-corrected chi connectivity index (χ3v) is 3.57. The van der Waals surface area contributed by atoms with Gasteiger partial charge in [0.2, 0.25) is 11.7 Å². The van der Waals surface area contributed by atoms with Gasteiger partial charge in [0, 0.05) is 24.2 Å². The van der Waals surface area contributed by atoms with Crippen LogP contribution in [0.3, 0.4) is 0 Å². The molecule has 2 N–H and O–H groups in total. The highest BCUT2D eigenvalue weighted by molar-refractivity contribution is 6.33. The molecule has 0 fully saturated rings. The van der Waals surface area contributed by atoms with Crippen molar-refractivity contribution < 1.29 is 9.32 Å². The third-order valence-electron chi connectivity index (χ3n) is 3.24. The summed E-state index contributed by atoms with van der Waals surface area (Å²) < 4.78 is 5.18. The molecule has 0 atom stereocenters. The molecule has 2 amide bonds. The van der Waals surface area contributed by atoms with Gasteiger partial charge in [-0.1, -0.05) is 47.1 Å². The topological polar surface area (TPSA) is 80.1 Å². The molecule has 0 bridgehead atoms. The number of amides is 2. The van der Waals surface area contributed by atoms with Gasteiger partial charge < -0.3 is 15.2 Å². The van der Waals surface area contributed by atoms with Crippen molar-refractivity contribution in [2.75, 3.05) is 11.9 Å². The molecule has 3 rings (SSSR count). The standard InChI is InChI=1S/C17H15ClN4O2/c18-14-9-5-4-8-13(14)16-21-15(24-22-16)10-11-19-17(23)20-12-6-2-1-3-7-12/h1-9H,10-11H2,(H2,19,20,23). The Bertz CT molecular complexity index is 820. The van der Waals surface area contributed by atoms with E-state index in [1.807, 2.05) is 48.5 Å². The fourth-order valence-electron chi connectivity index (χ4n) is 2.09. The number of hydrogen-bond acceptors (Lipinski definition) is 4. The van der Waals surface area contributed by atoms with Gasteiger partial charge >= 0.3 is 6.03 Å². The van der Waals surface area contributed by atoms with Gasteiger partial charge in [0.05, 0.1) is 5.02 Å². The van der Waals surface area contributed by atoms with Crippen molar-refractivity contribution in [2.24, 2.45) is 0 Å². The van der Waals surface area contributed by atoms with Crippen molar-refractivity contribution in [3.05, 3.63) is 65.5 Å². The average molecular weight is 343 g/mol. The number of hydrogen-bond donors (Lipinski definition) is 2. The summed E-state index contributed by atoms with van der Waals surface area (Å²) in [6.07, 6.45) is 0.430. The molecule has 0 aliphatic carbocycles. The number of aromatic nitrogens is 2. The van der Waals surface area contributed by atoms with Crippen molar-refractivity contribution >= 4 is 23.3 Å². The minimum atomic E-state index is -0.285. The van der Waals surface area contributed by atoms with Crippen LogP contribution in [-0.4, -0.2) is 22.7 Å². The van der Waals surface area contributed by atoms with E-state index in [1.54, 1.807) is 6.07 Å². The quantitative estimate of drug-likeness (QED) is 0.740. The van der Waals surface area contributed by atoms with Gasteiger partial charge in [0.1, 0.15) is 0 Å². The van der Waals surface area contributed by atoms with Crippen LogP contribution in [0.4, 0.5) is 10.5 Å². The molecule has 0 saturated carbocycles. The molecule has 7 heteroatoms. The van der Waals surface area contributed by atoms with E-state index >= 15 is 0 Å². The van der Waals surface area contributed by atoms with Gasteiger partial charge in [-0.15, -0.1) is 0 Å². The summed E-state index contributed by atoms with van der Waals surface area (Å²) in [5, 5.41) is 9.94. The first kappa shape index (κ1) is 16.0. The van der Waals surface area contributed by atoms with E-state index in [-0.39, 0.29) is 6.03 Å². The van der Waals surface area contributed by atoms with Gasteiger partial charge in [-0.05, 0) is 24.3 Å². The summed E-state index contributed by atoms with van der Waals surface area (Å²) >= 11 is 6.10. The molecule has 0 radical (unpaired) electrons. The number of rotatable bonds is 5. The summed E-state index contributed by atoms with van der Waals surface area (Å²) in [7, 11) is 0. The van der Waals surface area contributed by atoms with Crippen molar-refractivity contribution in [2.45, 2.75) is 6.42 Å². The maximum absolute atomic E-state index is 11.8. The molecule has 1 heterocycles. The second-order valence-corrected chi connectivity index (χ2v) is 5.40. The van der Waals surface area contributed by atoms with Crippen molar-refractivity contribution in [1.29, 1.82) is 0 Å². The number of nitrogens with one attached hydrogen (secondary N) is 2. The number of urea groups is 1. The first-order valence-electron chi connectivity index (χ1n) is 7.40. The highest BCUT2D eigenvalue weighted by Gasteiger charge is 2.11. The fourth-order valence-corrected chi connectivity index (χ4v) is 2.31. The zero-order valence-electron chi connectivity index (χ0n) is 12.7. The third kappa shape index (κ3) is 4.11. The van der Waals surface area contributed by atoms with E-state index in [1.165, 1.54) is 0 Å². The Morgan fingerprint density at radius 1 is 1.08 bits per heavy atom. The SMILES string of the molecule is O=C(NCCc1nc(-c2ccccc2Cl)no1)Nc1ccccc1. The molecule has 6 nitrogen and oxygen atoms in total. The fraction of sp³-hybridized carbons (Fsp3) is 0.118. The highest BCUT2D eigenvalue weighted by atomic mass is 35.5. The van der Waals surface area contributed by atoms with Crippen LogP contribution in [0.1, 0.15) is 5.89 Å². The lowest BCUT2D eigenvalue weighted by Crippen LogP contribution is -2.30. The second kappa shape index (κ2) is 7.61. The molecular weight excluding hydrogens is 328 g/mol. The molecule has 24 heavy (non-hydrogen) atoms.